The molecular formula is C22H14N2O4S. The summed E-state index contributed by atoms with van der Waals surface area (Å²) in [5.41, 5.74) is 1.10. The standard InChI is InChI=1S/C22H14N2O4S/c25-21-19(15-11-13-17(14-12-15)24(27)28)20(29-18-9-5-2-6-10-18)22(26)23(21)16-7-3-1-4-8-16/h1-14H. The second-order valence-corrected chi connectivity index (χ2v) is 7.29. The van der Waals surface area contributed by atoms with Gasteiger partial charge in [0, 0.05) is 17.0 Å². The Morgan fingerprint density at radius 3 is 1.93 bits per heavy atom. The van der Waals surface area contributed by atoms with E-state index in [-0.39, 0.29) is 11.3 Å². The van der Waals surface area contributed by atoms with E-state index >= 15 is 0 Å². The molecule has 0 radical (unpaired) electrons. The van der Waals surface area contributed by atoms with Crippen molar-refractivity contribution in [2.24, 2.45) is 0 Å². The SMILES string of the molecule is O=C1C(Sc2ccccc2)=C(c2ccc([N+](=O)[O-])cc2)C(=O)N1c1ccccc1. The highest BCUT2D eigenvalue weighted by atomic mass is 32.2. The number of carbonyl (C=O) groups is 2. The predicted octanol–water partition coefficient (Wildman–Crippen LogP) is 4.67. The number of anilines is 1. The third-order valence-corrected chi connectivity index (χ3v) is 5.48. The van der Waals surface area contributed by atoms with Crippen molar-refractivity contribution in [3.8, 4) is 0 Å². The zero-order valence-corrected chi connectivity index (χ0v) is 15.8. The molecule has 0 fully saturated rings. The Kier molecular flexibility index (Phi) is 4.97. The predicted molar refractivity (Wildman–Crippen MR) is 111 cm³/mol. The molecule has 6 nitrogen and oxygen atoms in total. The van der Waals surface area contributed by atoms with E-state index in [4.69, 9.17) is 0 Å². The van der Waals surface area contributed by atoms with Crippen LogP contribution >= 0.6 is 11.8 Å². The second-order valence-electron chi connectivity index (χ2n) is 6.20. The number of nitrogens with zero attached hydrogens (tertiary/aromatic N) is 2. The average molecular weight is 402 g/mol. The van der Waals surface area contributed by atoms with E-state index in [0.717, 1.165) is 9.80 Å². The number of hydrogen-bond acceptors (Lipinski definition) is 5. The first kappa shape index (κ1) is 18.6. The van der Waals surface area contributed by atoms with Crippen LogP contribution < -0.4 is 4.90 Å². The molecule has 2 amide bonds. The van der Waals surface area contributed by atoms with Crippen LogP contribution in [0.4, 0.5) is 11.4 Å². The van der Waals surface area contributed by atoms with Crippen LogP contribution in [0.5, 0.6) is 0 Å². The first-order chi connectivity index (χ1) is 14.1. The van der Waals surface area contributed by atoms with E-state index in [0.29, 0.717) is 16.2 Å². The molecule has 1 aliphatic rings. The Bertz CT molecular complexity index is 1130. The van der Waals surface area contributed by atoms with Crippen LogP contribution in [-0.2, 0) is 9.59 Å². The minimum absolute atomic E-state index is 0.0803. The van der Waals surface area contributed by atoms with E-state index < -0.39 is 16.7 Å². The maximum Gasteiger partial charge on any atom is 0.272 e. The van der Waals surface area contributed by atoms with E-state index in [1.807, 2.05) is 30.3 Å². The van der Waals surface area contributed by atoms with Crippen molar-refractivity contribution in [3.05, 3.63) is 106 Å². The summed E-state index contributed by atoms with van der Waals surface area (Å²) in [4.78, 5) is 39.1. The fourth-order valence-electron chi connectivity index (χ4n) is 3.03. The molecule has 0 bridgehead atoms. The number of non-ortho nitro benzene ring substituents is 1. The summed E-state index contributed by atoms with van der Waals surface area (Å²) in [6, 6.07) is 23.6. The van der Waals surface area contributed by atoms with Gasteiger partial charge in [0.1, 0.15) is 0 Å². The molecule has 3 aromatic carbocycles. The van der Waals surface area contributed by atoms with Crippen molar-refractivity contribution < 1.29 is 14.5 Å². The number of para-hydroxylation sites is 1. The molecular weight excluding hydrogens is 388 g/mol. The number of benzene rings is 3. The minimum atomic E-state index is -0.504. The van der Waals surface area contributed by atoms with Crippen molar-refractivity contribution in [2.75, 3.05) is 4.90 Å². The second kappa shape index (κ2) is 7.73. The van der Waals surface area contributed by atoms with Crippen molar-refractivity contribution in [3.63, 3.8) is 0 Å². The molecule has 0 aliphatic carbocycles. The summed E-state index contributed by atoms with van der Waals surface area (Å²) in [6.45, 7) is 0. The fourth-order valence-corrected chi connectivity index (χ4v) is 4.04. The van der Waals surface area contributed by atoms with Crippen LogP contribution in [0.3, 0.4) is 0 Å². The Morgan fingerprint density at radius 2 is 1.34 bits per heavy atom. The average Bonchev–Trinajstić information content (AvgIpc) is 2.99. The maximum atomic E-state index is 13.2. The maximum absolute atomic E-state index is 13.2. The van der Waals surface area contributed by atoms with Crippen LogP contribution in [0.15, 0.2) is 94.7 Å². The molecule has 3 aromatic rings. The zero-order valence-electron chi connectivity index (χ0n) is 15.0. The number of nitro groups is 1. The van der Waals surface area contributed by atoms with E-state index in [1.165, 1.54) is 36.0 Å². The first-order valence-electron chi connectivity index (χ1n) is 8.72. The third-order valence-electron chi connectivity index (χ3n) is 4.39. The highest BCUT2D eigenvalue weighted by molar-refractivity contribution is 8.04. The highest BCUT2D eigenvalue weighted by Gasteiger charge is 2.40. The number of carbonyl (C=O) groups excluding carboxylic acids is 2. The fraction of sp³-hybridized carbons (Fsp3) is 0. The van der Waals surface area contributed by atoms with Crippen molar-refractivity contribution in [2.45, 2.75) is 4.90 Å². The molecule has 4 rings (SSSR count). The van der Waals surface area contributed by atoms with Crippen LogP contribution in [0, 0.1) is 10.1 Å². The molecule has 1 aliphatic heterocycles. The van der Waals surface area contributed by atoms with E-state index in [2.05, 4.69) is 0 Å². The van der Waals surface area contributed by atoms with Gasteiger partial charge in [-0.15, -0.1) is 0 Å². The quantitative estimate of drug-likeness (QED) is 0.352. The molecule has 0 saturated carbocycles. The van der Waals surface area contributed by atoms with Gasteiger partial charge >= 0.3 is 0 Å². The molecule has 0 N–H and O–H groups in total. The summed E-state index contributed by atoms with van der Waals surface area (Å²) in [6.07, 6.45) is 0. The number of thioether (sulfide) groups is 1. The molecule has 0 aromatic heterocycles. The lowest BCUT2D eigenvalue weighted by molar-refractivity contribution is -0.384. The lowest BCUT2D eigenvalue weighted by atomic mass is 10.1. The number of imide groups is 1. The number of hydrogen-bond donors (Lipinski definition) is 0. The van der Waals surface area contributed by atoms with Crippen LogP contribution in [0.25, 0.3) is 5.57 Å². The summed E-state index contributed by atoms with van der Waals surface area (Å²) < 4.78 is 0. The Hall–Kier alpha value is -3.71. The van der Waals surface area contributed by atoms with E-state index in [1.54, 1.807) is 30.3 Å². The van der Waals surface area contributed by atoms with Gasteiger partial charge in [0.2, 0.25) is 0 Å². The van der Waals surface area contributed by atoms with Gasteiger partial charge in [-0.05, 0) is 42.0 Å². The van der Waals surface area contributed by atoms with Gasteiger partial charge in [-0.2, -0.15) is 0 Å². The van der Waals surface area contributed by atoms with Gasteiger partial charge in [-0.25, -0.2) is 4.90 Å². The summed E-state index contributed by atoms with van der Waals surface area (Å²) >= 11 is 1.21. The van der Waals surface area contributed by atoms with Gasteiger partial charge in [0.05, 0.1) is 21.1 Å². The van der Waals surface area contributed by atoms with Gasteiger partial charge in [-0.1, -0.05) is 48.2 Å². The molecule has 142 valence electrons. The topological polar surface area (TPSA) is 80.5 Å². The Labute approximate surface area is 170 Å². The molecule has 0 saturated heterocycles. The first-order valence-corrected chi connectivity index (χ1v) is 9.54. The molecule has 0 unspecified atom stereocenters. The van der Waals surface area contributed by atoms with E-state index in [9.17, 15) is 19.7 Å². The summed E-state index contributed by atoms with van der Waals surface area (Å²) in [7, 11) is 0. The minimum Gasteiger partial charge on any atom is -0.268 e. The van der Waals surface area contributed by atoms with Crippen LogP contribution in [0.2, 0.25) is 0 Å². The van der Waals surface area contributed by atoms with Crippen molar-refractivity contribution in [1.29, 1.82) is 0 Å². The number of nitro benzene ring substituents is 1. The molecule has 1 heterocycles. The monoisotopic (exact) mass is 402 g/mol. The van der Waals surface area contributed by atoms with Crippen LogP contribution in [0.1, 0.15) is 5.56 Å². The zero-order chi connectivity index (χ0) is 20.4. The number of amides is 2. The van der Waals surface area contributed by atoms with Gasteiger partial charge in [0.25, 0.3) is 17.5 Å². The molecule has 0 spiro atoms. The Morgan fingerprint density at radius 1 is 0.759 bits per heavy atom. The smallest absolute Gasteiger partial charge is 0.268 e. The van der Waals surface area contributed by atoms with Gasteiger partial charge in [0.15, 0.2) is 0 Å². The van der Waals surface area contributed by atoms with Crippen LogP contribution in [-0.4, -0.2) is 16.7 Å². The summed E-state index contributed by atoms with van der Waals surface area (Å²) in [5.74, 6) is -0.864. The molecule has 7 heteroatoms. The van der Waals surface area contributed by atoms with Crippen molar-refractivity contribution >= 4 is 40.5 Å². The number of rotatable bonds is 5. The molecule has 0 atom stereocenters. The largest absolute Gasteiger partial charge is 0.272 e. The lowest BCUT2D eigenvalue weighted by Crippen LogP contribution is -2.31. The normalized spacial score (nSPS) is 13.9. The Balaban J connectivity index is 1.81. The third kappa shape index (κ3) is 3.55. The van der Waals surface area contributed by atoms with Crippen molar-refractivity contribution in [1.82, 2.24) is 0 Å². The summed E-state index contributed by atoms with van der Waals surface area (Å²) in [5, 5.41) is 11.0. The van der Waals surface area contributed by atoms with Gasteiger partial charge in [-0.3, -0.25) is 19.7 Å². The van der Waals surface area contributed by atoms with Gasteiger partial charge < -0.3 is 0 Å². The molecule has 29 heavy (non-hydrogen) atoms. The highest BCUT2D eigenvalue weighted by Crippen LogP contribution is 2.41. The lowest BCUT2D eigenvalue weighted by Gasteiger charge is -2.14.